The first-order chi connectivity index (χ1) is 8.83. The fourth-order valence-electron chi connectivity index (χ4n) is 3.57. The molecule has 18 heavy (non-hydrogen) atoms. The summed E-state index contributed by atoms with van der Waals surface area (Å²) in [5.74, 6) is 1.75. The van der Waals surface area contributed by atoms with Crippen LogP contribution in [0, 0.1) is 0 Å². The van der Waals surface area contributed by atoms with Gasteiger partial charge in [0.15, 0.2) is 0 Å². The minimum absolute atomic E-state index is 0.147. The van der Waals surface area contributed by atoms with Gasteiger partial charge in [0.2, 0.25) is 0 Å². The van der Waals surface area contributed by atoms with Crippen molar-refractivity contribution in [2.75, 3.05) is 13.1 Å². The van der Waals surface area contributed by atoms with E-state index in [9.17, 15) is 0 Å². The molecule has 1 aromatic rings. The molecule has 1 spiro atoms. The van der Waals surface area contributed by atoms with Crippen LogP contribution in [0.4, 0.5) is 0 Å². The van der Waals surface area contributed by atoms with Gasteiger partial charge in [0.05, 0.1) is 0 Å². The molecule has 0 saturated heterocycles. The SMILES string of the molecule is CCNCC1CC2(CCCC2)Oc2ccccc21. The lowest BCUT2D eigenvalue weighted by Crippen LogP contribution is -2.40. The number of hydrogen-bond donors (Lipinski definition) is 1. The molecule has 1 atom stereocenters. The van der Waals surface area contributed by atoms with Gasteiger partial charge in [-0.05, 0) is 50.3 Å². The highest BCUT2D eigenvalue weighted by Crippen LogP contribution is 2.47. The Kier molecular flexibility index (Phi) is 3.29. The number of ether oxygens (including phenoxy) is 1. The van der Waals surface area contributed by atoms with Crippen LogP contribution in [0.25, 0.3) is 0 Å². The van der Waals surface area contributed by atoms with E-state index in [0.29, 0.717) is 5.92 Å². The number of likely N-dealkylation sites (N-methyl/N-ethyl adjacent to an activating group) is 1. The third-order valence-electron chi connectivity index (χ3n) is 4.46. The van der Waals surface area contributed by atoms with E-state index >= 15 is 0 Å². The Morgan fingerprint density at radius 2 is 2.06 bits per heavy atom. The first-order valence-electron chi connectivity index (χ1n) is 7.32. The van der Waals surface area contributed by atoms with E-state index in [4.69, 9.17) is 4.74 Å². The van der Waals surface area contributed by atoms with Crippen LogP contribution >= 0.6 is 0 Å². The van der Waals surface area contributed by atoms with Crippen molar-refractivity contribution in [1.82, 2.24) is 5.32 Å². The summed E-state index contributed by atoms with van der Waals surface area (Å²) < 4.78 is 6.36. The number of hydrogen-bond acceptors (Lipinski definition) is 2. The lowest BCUT2D eigenvalue weighted by Gasteiger charge is -2.40. The number of rotatable bonds is 3. The summed E-state index contributed by atoms with van der Waals surface area (Å²) in [5, 5.41) is 3.51. The maximum absolute atomic E-state index is 6.36. The highest BCUT2D eigenvalue weighted by atomic mass is 16.5. The molecule has 1 saturated carbocycles. The quantitative estimate of drug-likeness (QED) is 0.880. The van der Waals surface area contributed by atoms with Gasteiger partial charge >= 0.3 is 0 Å². The molecule has 2 aliphatic rings. The molecule has 0 bridgehead atoms. The van der Waals surface area contributed by atoms with Crippen LogP contribution in [0.1, 0.15) is 50.5 Å². The standard InChI is InChI=1S/C16H23NO/c1-2-17-12-13-11-16(9-5-6-10-16)18-15-8-4-3-7-14(13)15/h3-4,7-8,13,17H,2,5-6,9-12H2,1H3. The monoisotopic (exact) mass is 245 g/mol. The fourth-order valence-corrected chi connectivity index (χ4v) is 3.57. The zero-order valence-electron chi connectivity index (χ0n) is 11.2. The predicted molar refractivity (Wildman–Crippen MR) is 74.2 cm³/mol. The summed E-state index contributed by atoms with van der Waals surface area (Å²) in [6, 6.07) is 8.61. The Morgan fingerprint density at radius 1 is 1.28 bits per heavy atom. The van der Waals surface area contributed by atoms with Gasteiger partial charge in [0.25, 0.3) is 0 Å². The summed E-state index contributed by atoms with van der Waals surface area (Å²) in [4.78, 5) is 0. The van der Waals surface area contributed by atoms with Gasteiger partial charge < -0.3 is 10.1 Å². The van der Waals surface area contributed by atoms with Gasteiger partial charge in [-0.15, -0.1) is 0 Å². The topological polar surface area (TPSA) is 21.3 Å². The molecule has 1 unspecified atom stereocenters. The minimum Gasteiger partial charge on any atom is -0.487 e. The molecular formula is C16H23NO. The zero-order chi connectivity index (χ0) is 12.4. The fraction of sp³-hybridized carbons (Fsp3) is 0.625. The smallest absolute Gasteiger partial charge is 0.123 e. The summed E-state index contributed by atoms with van der Waals surface area (Å²) in [6.07, 6.45) is 6.33. The number of nitrogens with one attached hydrogen (secondary N) is 1. The molecule has 0 radical (unpaired) electrons. The van der Waals surface area contributed by atoms with Crippen LogP contribution in [-0.2, 0) is 0 Å². The molecule has 1 aliphatic heterocycles. The largest absolute Gasteiger partial charge is 0.487 e. The van der Waals surface area contributed by atoms with Crippen molar-refractivity contribution in [2.45, 2.75) is 50.5 Å². The van der Waals surface area contributed by atoms with Gasteiger partial charge in [-0.2, -0.15) is 0 Å². The highest BCUT2D eigenvalue weighted by molar-refractivity contribution is 5.39. The summed E-state index contributed by atoms with van der Waals surface area (Å²) in [5.41, 5.74) is 1.55. The molecule has 0 amide bonds. The number of benzene rings is 1. The van der Waals surface area contributed by atoms with Gasteiger partial charge in [0.1, 0.15) is 11.4 Å². The molecule has 2 nitrogen and oxygen atoms in total. The minimum atomic E-state index is 0.147. The van der Waals surface area contributed by atoms with Crippen LogP contribution in [0.5, 0.6) is 5.75 Å². The van der Waals surface area contributed by atoms with Crippen LogP contribution in [0.15, 0.2) is 24.3 Å². The van der Waals surface area contributed by atoms with E-state index in [0.717, 1.165) is 18.8 Å². The predicted octanol–water partition coefficient (Wildman–Crippen LogP) is 3.48. The van der Waals surface area contributed by atoms with E-state index in [1.54, 1.807) is 0 Å². The maximum Gasteiger partial charge on any atom is 0.123 e. The molecule has 1 N–H and O–H groups in total. The van der Waals surface area contributed by atoms with E-state index in [2.05, 4.69) is 36.5 Å². The Labute approximate surface area is 110 Å². The maximum atomic E-state index is 6.36. The summed E-state index contributed by atoms with van der Waals surface area (Å²) >= 11 is 0. The van der Waals surface area contributed by atoms with E-state index in [1.807, 2.05) is 0 Å². The molecule has 3 rings (SSSR count). The average Bonchev–Trinajstić information content (AvgIpc) is 2.84. The van der Waals surface area contributed by atoms with Crippen molar-refractivity contribution >= 4 is 0 Å². The van der Waals surface area contributed by atoms with Crippen molar-refractivity contribution in [3.63, 3.8) is 0 Å². The zero-order valence-corrected chi connectivity index (χ0v) is 11.2. The first kappa shape index (κ1) is 12.0. The lowest BCUT2D eigenvalue weighted by molar-refractivity contribution is 0.0418. The van der Waals surface area contributed by atoms with Crippen molar-refractivity contribution in [3.05, 3.63) is 29.8 Å². The number of fused-ring (bicyclic) bond motifs is 1. The highest BCUT2D eigenvalue weighted by Gasteiger charge is 2.42. The number of para-hydroxylation sites is 1. The Hall–Kier alpha value is -1.02. The molecule has 0 aromatic heterocycles. The molecule has 1 aliphatic carbocycles. The second kappa shape index (κ2) is 4.93. The normalized spacial score (nSPS) is 24.8. The molecule has 1 heterocycles. The van der Waals surface area contributed by atoms with Gasteiger partial charge in [-0.25, -0.2) is 0 Å². The van der Waals surface area contributed by atoms with E-state index in [-0.39, 0.29) is 5.60 Å². The molecule has 2 heteroatoms. The van der Waals surface area contributed by atoms with Crippen LogP contribution in [-0.4, -0.2) is 18.7 Å². The van der Waals surface area contributed by atoms with Crippen LogP contribution < -0.4 is 10.1 Å². The van der Waals surface area contributed by atoms with Gasteiger partial charge in [-0.3, -0.25) is 0 Å². The molecule has 1 fully saturated rings. The van der Waals surface area contributed by atoms with Crippen molar-refractivity contribution in [3.8, 4) is 5.75 Å². The second-order valence-corrected chi connectivity index (χ2v) is 5.74. The van der Waals surface area contributed by atoms with Crippen molar-refractivity contribution in [2.24, 2.45) is 0 Å². The van der Waals surface area contributed by atoms with Crippen LogP contribution in [0.2, 0.25) is 0 Å². The average molecular weight is 245 g/mol. The van der Waals surface area contributed by atoms with Crippen molar-refractivity contribution in [1.29, 1.82) is 0 Å². The lowest BCUT2D eigenvalue weighted by atomic mass is 9.81. The third kappa shape index (κ3) is 2.14. The Morgan fingerprint density at radius 3 is 2.83 bits per heavy atom. The molecule has 98 valence electrons. The summed E-state index contributed by atoms with van der Waals surface area (Å²) in [6.45, 7) is 4.31. The first-order valence-corrected chi connectivity index (χ1v) is 7.32. The Balaban J connectivity index is 1.88. The van der Waals surface area contributed by atoms with Crippen molar-refractivity contribution < 1.29 is 4.74 Å². The summed E-state index contributed by atoms with van der Waals surface area (Å²) in [7, 11) is 0. The van der Waals surface area contributed by atoms with Gasteiger partial charge in [-0.1, -0.05) is 25.1 Å². The molecular weight excluding hydrogens is 222 g/mol. The molecule has 1 aromatic carbocycles. The van der Waals surface area contributed by atoms with E-state index < -0.39 is 0 Å². The third-order valence-corrected chi connectivity index (χ3v) is 4.46. The van der Waals surface area contributed by atoms with E-state index in [1.165, 1.54) is 37.7 Å². The van der Waals surface area contributed by atoms with Gasteiger partial charge in [0, 0.05) is 12.5 Å². The second-order valence-electron chi connectivity index (χ2n) is 5.74. The Bertz CT molecular complexity index is 409. The van der Waals surface area contributed by atoms with Crippen LogP contribution in [0.3, 0.4) is 0 Å².